The molecule has 0 amide bonds. The first-order chi connectivity index (χ1) is 12.1. The van der Waals surface area contributed by atoms with Crippen LogP contribution in [0.5, 0.6) is 0 Å². The number of halogens is 2. The number of hydrogen-bond acceptors (Lipinski definition) is 3. The Morgan fingerprint density at radius 2 is 2.15 bits per heavy atom. The molecule has 2 rings (SSSR count). The van der Waals surface area contributed by atoms with Gasteiger partial charge in [0.25, 0.3) is 0 Å². The normalized spacial score (nSPS) is 14.1. The van der Waals surface area contributed by atoms with Gasteiger partial charge in [-0.15, -0.1) is 24.0 Å². The molecule has 1 fully saturated rings. The molecule has 0 unspecified atom stereocenters. The molecule has 148 valence electrons. The van der Waals surface area contributed by atoms with Crippen molar-refractivity contribution in [3.8, 4) is 0 Å². The van der Waals surface area contributed by atoms with Crippen LogP contribution < -0.4 is 5.32 Å². The third-order valence-corrected chi connectivity index (χ3v) is 4.14. The van der Waals surface area contributed by atoms with E-state index in [0.29, 0.717) is 18.7 Å². The Morgan fingerprint density at radius 1 is 1.38 bits per heavy atom. The van der Waals surface area contributed by atoms with Gasteiger partial charge in [-0.25, -0.2) is 9.38 Å². The third-order valence-electron chi connectivity index (χ3n) is 4.14. The van der Waals surface area contributed by atoms with Crippen molar-refractivity contribution in [2.45, 2.75) is 32.9 Å². The highest BCUT2D eigenvalue weighted by Gasteiger charge is 2.21. The summed E-state index contributed by atoms with van der Waals surface area (Å²) >= 11 is 0. The molecule has 1 saturated carbocycles. The molecule has 5 nitrogen and oxygen atoms in total. The molecule has 1 aromatic carbocycles. The van der Waals surface area contributed by atoms with E-state index < -0.39 is 0 Å². The van der Waals surface area contributed by atoms with Gasteiger partial charge in [0.1, 0.15) is 5.82 Å². The lowest BCUT2D eigenvalue weighted by Crippen LogP contribution is -2.40. The van der Waals surface area contributed by atoms with E-state index in [1.807, 2.05) is 20.0 Å². The van der Waals surface area contributed by atoms with Crippen molar-refractivity contribution in [3.05, 3.63) is 35.1 Å². The summed E-state index contributed by atoms with van der Waals surface area (Å²) in [5, 5.41) is 3.29. The quantitative estimate of drug-likeness (QED) is 0.242. The topological polar surface area (TPSA) is 46.1 Å². The summed E-state index contributed by atoms with van der Waals surface area (Å²) in [5.41, 5.74) is 1.52. The Balaban J connectivity index is 0.00000338. The van der Waals surface area contributed by atoms with Crippen molar-refractivity contribution < 1.29 is 13.9 Å². The zero-order valence-corrected chi connectivity index (χ0v) is 18.3. The molecule has 1 aliphatic carbocycles. The van der Waals surface area contributed by atoms with Gasteiger partial charge in [0.15, 0.2) is 5.96 Å². The summed E-state index contributed by atoms with van der Waals surface area (Å²) in [6.45, 7) is 5.96. The van der Waals surface area contributed by atoms with Crippen molar-refractivity contribution >= 4 is 29.9 Å². The molecule has 1 aromatic rings. The first-order valence-corrected chi connectivity index (χ1v) is 8.97. The van der Waals surface area contributed by atoms with Crippen LogP contribution >= 0.6 is 24.0 Å². The van der Waals surface area contributed by atoms with Crippen LogP contribution in [-0.2, 0) is 22.6 Å². The van der Waals surface area contributed by atoms with Crippen LogP contribution in [-0.4, -0.2) is 51.3 Å². The van der Waals surface area contributed by atoms with Crippen LogP contribution in [0.15, 0.2) is 23.2 Å². The molecule has 0 saturated heterocycles. The molecule has 1 aliphatic rings. The average molecular weight is 479 g/mol. The Kier molecular flexibility index (Phi) is 11.1. The average Bonchev–Trinajstić information content (AvgIpc) is 3.42. The number of ether oxygens (including phenoxy) is 2. The first-order valence-electron chi connectivity index (χ1n) is 8.97. The van der Waals surface area contributed by atoms with Gasteiger partial charge in [0.05, 0.1) is 19.8 Å². The second-order valence-electron chi connectivity index (χ2n) is 6.47. The van der Waals surface area contributed by atoms with Crippen molar-refractivity contribution in [1.29, 1.82) is 0 Å². The zero-order valence-electron chi connectivity index (χ0n) is 16.0. The van der Waals surface area contributed by atoms with E-state index in [2.05, 4.69) is 15.2 Å². The van der Waals surface area contributed by atoms with E-state index in [1.54, 1.807) is 13.2 Å². The van der Waals surface area contributed by atoms with E-state index in [-0.39, 0.29) is 36.4 Å². The van der Waals surface area contributed by atoms with Gasteiger partial charge in [-0.05, 0) is 43.4 Å². The fourth-order valence-electron chi connectivity index (χ4n) is 2.47. The smallest absolute Gasteiger partial charge is 0.194 e. The van der Waals surface area contributed by atoms with E-state index in [0.717, 1.165) is 37.1 Å². The molecule has 7 heteroatoms. The summed E-state index contributed by atoms with van der Waals surface area (Å²) in [4.78, 5) is 6.72. The van der Waals surface area contributed by atoms with Crippen molar-refractivity contribution in [1.82, 2.24) is 10.2 Å². The fourth-order valence-corrected chi connectivity index (χ4v) is 2.47. The minimum atomic E-state index is -0.244. The maximum Gasteiger partial charge on any atom is 0.194 e. The van der Waals surface area contributed by atoms with Crippen LogP contribution in [0.25, 0.3) is 0 Å². The molecule has 0 bridgehead atoms. The number of nitrogens with zero attached hydrogens (tertiary/aromatic N) is 2. The van der Waals surface area contributed by atoms with Gasteiger partial charge >= 0.3 is 0 Å². The largest absolute Gasteiger partial charge is 0.380 e. The first kappa shape index (κ1) is 23.1. The molecule has 0 radical (unpaired) electrons. The van der Waals surface area contributed by atoms with E-state index >= 15 is 0 Å². The van der Waals surface area contributed by atoms with Gasteiger partial charge in [0, 0.05) is 39.4 Å². The van der Waals surface area contributed by atoms with Gasteiger partial charge < -0.3 is 19.7 Å². The molecule has 0 aromatic heterocycles. The van der Waals surface area contributed by atoms with Crippen molar-refractivity contribution in [3.63, 3.8) is 0 Å². The SMILES string of the molecule is CCNC(=NCc1ccc(F)c(COC)c1)N(C)CCOCC1CC1.I. The van der Waals surface area contributed by atoms with Crippen LogP contribution in [0, 0.1) is 11.7 Å². The highest BCUT2D eigenvalue weighted by molar-refractivity contribution is 14.0. The van der Waals surface area contributed by atoms with Crippen LogP contribution in [0.2, 0.25) is 0 Å². The van der Waals surface area contributed by atoms with Crippen LogP contribution in [0.3, 0.4) is 0 Å². The van der Waals surface area contributed by atoms with Gasteiger partial charge in [-0.3, -0.25) is 0 Å². The molecule has 1 N–H and O–H groups in total. The van der Waals surface area contributed by atoms with Crippen LogP contribution in [0.4, 0.5) is 4.39 Å². The fraction of sp³-hybridized carbons (Fsp3) is 0.632. The number of nitrogens with one attached hydrogen (secondary N) is 1. The lowest BCUT2D eigenvalue weighted by Gasteiger charge is -2.22. The Morgan fingerprint density at radius 3 is 2.81 bits per heavy atom. The second-order valence-corrected chi connectivity index (χ2v) is 6.47. The summed E-state index contributed by atoms with van der Waals surface area (Å²) in [6, 6.07) is 5.05. The second kappa shape index (κ2) is 12.5. The number of hydrogen-bond donors (Lipinski definition) is 1. The molecule has 26 heavy (non-hydrogen) atoms. The monoisotopic (exact) mass is 479 g/mol. The van der Waals surface area contributed by atoms with Crippen molar-refractivity contribution in [2.24, 2.45) is 10.9 Å². The van der Waals surface area contributed by atoms with Gasteiger partial charge in [0.2, 0.25) is 0 Å². The Hall–Kier alpha value is -0.930. The Bertz CT molecular complexity index is 568. The number of guanidine groups is 1. The maximum atomic E-state index is 13.7. The van der Waals surface area contributed by atoms with Gasteiger partial charge in [-0.2, -0.15) is 0 Å². The molecule has 0 spiro atoms. The molecular formula is C19H31FIN3O2. The van der Waals surface area contributed by atoms with E-state index in [9.17, 15) is 4.39 Å². The summed E-state index contributed by atoms with van der Waals surface area (Å²) < 4.78 is 24.4. The van der Waals surface area contributed by atoms with E-state index in [4.69, 9.17) is 9.47 Å². The predicted molar refractivity (Wildman–Crippen MR) is 114 cm³/mol. The van der Waals surface area contributed by atoms with Crippen molar-refractivity contribution in [2.75, 3.05) is 40.5 Å². The van der Waals surface area contributed by atoms with E-state index in [1.165, 1.54) is 18.9 Å². The standard InChI is InChI=1S/C19H30FN3O2.HI/c1-4-21-19(23(2)9-10-25-13-15-5-6-15)22-12-16-7-8-18(20)17(11-16)14-24-3;/h7-8,11,15H,4-6,9-10,12-14H2,1-3H3,(H,21,22);1H. The number of benzene rings is 1. The maximum absolute atomic E-state index is 13.7. The predicted octanol–water partition coefficient (Wildman–Crippen LogP) is 3.41. The van der Waals surface area contributed by atoms with Crippen LogP contribution in [0.1, 0.15) is 30.9 Å². The minimum Gasteiger partial charge on any atom is -0.380 e. The third kappa shape index (κ3) is 8.18. The minimum absolute atomic E-state index is 0. The van der Waals surface area contributed by atoms with Gasteiger partial charge in [-0.1, -0.05) is 6.07 Å². The highest BCUT2D eigenvalue weighted by Crippen LogP contribution is 2.28. The highest BCUT2D eigenvalue weighted by atomic mass is 127. The number of methoxy groups -OCH3 is 1. The Labute approximate surface area is 173 Å². The molecule has 0 heterocycles. The molecule has 0 atom stereocenters. The number of likely N-dealkylation sites (N-methyl/N-ethyl adjacent to an activating group) is 1. The molecular weight excluding hydrogens is 448 g/mol. The molecule has 0 aliphatic heterocycles. The lowest BCUT2D eigenvalue weighted by molar-refractivity contribution is 0.115. The summed E-state index contributed by atoms with van der Waals surface area (Å²) in [5.74, 6) is 1.37. The number of rotatable bonds is 10. The summed E-state index contributed by atoms with van der Waals surface area (Å²) in [6.07, 6.45) is 2.62. The lowest BCUT2D eigenvalue weighted by atomic mass is 10.1. The zero-order chi connectivity index (χ0) is 18.1. The number of aliphatic imine (C=N–C) groups is 1. The summed E-state index contributed by atoms with van der Waals surface area (Å²) in [7, 11) is 3.57.